The number of benzene rings is 3. The van der Waals surface area contributed by atoms with Gasteiger partial charge >= 0.3 is 0 Å². The van der Waals surface area contributed by atoms with Crippen LogP contribution >= 0.6 is 11.6 Å². The van der Waals surface area contributed by atoms with Gasteiger partial charge in [0.15, 0.2) is 5.82 Å². The number of aromatic nitrogens is 3. The fourth-order valence-corrected chi connectivity index (χ4v) is 3.14. The molecule has 30 heavy (non-hydrogen) atoms. The lowest BCUT2D eigenvalue weighted by Gasteiger charge is -2.08. The maximum Gasteiger partial charge on any atom is 0.282 e. The van der Waals surface area contributed by atoms with Gasteiger partial charge in [-0.1, -0.05) is 65.7 Å². The molecule has 0 amide bonds. The smallest absolute Gasteiger partial charge is 0.282 e. The van der Waals surface area contributed by atoms with Crippen molar-refractivity contribution in [3.05, 3.63) is 100 Å². The van der Waals surface area contributed by atoms with Gasteiger partial charge in [-0.05, 0) is 36.8 Å². The maximum atomic E-state index is 13.2. The quantitative estimate of drug-likeness (QED) is 0.473. The minimum absolute atomic E-state index is 0.278. The van der Waals surface area contributed by atoms with Crippen LogP contribution < -0.4 is 5.32 Å². The third-order valence-corrected chi connectivity index (χ3v) is 4.91. The minimum Gasteiger partial charge on any atom is -0.350 e. The van der Waals surface area contributed by atoms with E-state index >= 15 is 0 Å². The van der Waals surface area contributed by atoms with Crippen molar-refractivity contribution in [2.24, 2.45) is 0 Å². The van der Waals surface area contributed by atoms with Crippen molar-refractivity contribution >= 4 is 23.5 Å². The van der Waals surface area contributed by atoms with Crippen LogP contribution in [0.1, 0.15) is 21.5 Å². The van der Waals surface area contributed by atoms with Crippen molar-refractivity contribution in [3.63, 3.8) is 0 Å². The van der Waals surface area contributed by atoms with E-state index < -0.39 is 5.91 Å². The molecule has 1 aromatic heterocycles. The van der Waals surface area contributed by atoms with Crippen LogP contribution in [0.5, 0.6) is 0 Å². The second kappa shape index (κ2) is 8.47. The molecule has 0 fully saturated rings. The number of hydrogen-bond acceptors (Lipinski definition) is 4. The van der Waals surface area contributed by atoms with Crippen molar-refractivity contribution in [3.8, 4) is 11.4 Å². The van der Waals surface area contributed by atoms with Gasteiger partial charge < -0.3 is 5.32 Å². The van der Waals surface area contributed by atoms with E-state index in [0.717, 1.165) is 16.7 Å². The van der Waals surface area contributed by atoms with Gasteiger partial charge in [-0.3, -0.25) is 4.79 Å². The Morgan fingerprint density at radius 2 is 1.73 bits per heavy atom. The first-order chi connectivity index (χ1) is 14.5. The number of anilines is 1. The molecular formula is C23H18ClFN4O. The van der Waals surface area contributed by atoms with Gasteiger partial charge in [0, 0.05) is 12.1 Å². The van der Waals surface area contributed by atoms with Gasteiger partial charge in [0.05, 0.1) is 10.6 Å². The Balaban J connectivity index is 1.70. The molecule has 0 spiro atoms. The molecule has 4 aromatic rings. The summed E-state index contributed by atoms with van der Waals surface area (Å²) in [6.45, 7) is 2.34. The molecule has 7 heteroatoms. The number of nitrogens with one attached hydrogen (secondary N) is 1. The lowest BCUT2D eigenvalue weighted by molar-refractivity contribution is 0.0947. The molecule has 5 nitrogen and oxygen atoms in total. The van der Waals surface area contributed by atoms with Crippen LogP contribution in [0.15, 0.2) is 72.8 Å². The first kappa shape index (κ1) is 19.8. The van der Waals surface area contributed by atoms with Crippen LogP contribution in [0.2, 0.25) is 5.02 Å². The predicted molar refractivity (Wildman–Crippen MR) is 115 cm³/mol. The number of carbonyl (C=O) groups is 1. The van der Waals surface area contributed by atoms with Gasteiger partial charge in [-0.2, -0.15) is 9.67 Å². The minimum atomic E-state index is -0.395. The number of aryl methyl sites for hydroxylation is 1. The second-order valence-electron chi connectivity index (χ2n) is 6.80. The first-order valence-electron chi connectivity index (χ1n) is 9.33. The van der Waals surface area contributed by atoms with Crippen LogP contribution in [0.3, 0.4) is 0 Å². The number of hydrogen-bond donors (Lipinski definition) is 1. The van der Waals surface area contributed by atoms with E-state index in [9.17, 15) is 9.18 Å². The summed E-state index contributed by atoms with van der Waals surface area (Å²) >= 11 is 6.21. The van der Waals surface area contributed by atoms with E-state index in [0.29, 0.717) is 23.0 Å². The van der Waals surface area contributed by atoms with Gasteiger partial charge in [0.2, 0.25) is 5.95 Å². The van der Waals surface area contributed by atoms with Crippen molar-refractivity contribution < 1.29 is 9.18 Å². The maximum absolute atomic E-state index is 13.2. The Labute approximate surface area is 178 Å². The molecule has 0 aliphatic heterocycles. The van der Waals surface area contributed by atoms with E-state index in [1.165, 1.54) is 16.8 Å². The molecule has 0 radical (unpaired) electrons. The Bertz CT molecular complexity index is 1190. The van der Waals surface area contributed by atoms with Crippen molar-refractivity contribution in [1.29, 1.82) is 0 Å². The predicted octanol–water partition coefficient (Wildman–Crippen LogP) is 5.35. The van der Waals surface area contributed by atoms with Crippen molar-refractivity contribution in [2.45, 2.75) is 13.5 Å². The molecule has 4 rings (SSSR count). The molecule has 1 N–H and O–H groups in total. The fraction of sp³-hybridized carbons (Fsp3) is 0.0870. The lowest BCUT2D eigenvalue weighted by atomic mass is 10.1. The number of carbonyl (C=O) groups excluding carboxylic acids is 1. The standard InChI is InChI=1S/C23H18ClFN4O/c1-15-6-10-17(11-7-15)21-27-23(26-14-16-8-12-18(25)13-9-16)29(28-21)22(30)19-4-2-3-5-20(19)24/h2-13H,14H2,1H3,(H,26,27,28). The largest absolute Gasteiger partial charge is 0.350 e. The summed E-state index contributed by atoms with van der Waals surface area (Å²) in [5.74, 6) is -0.0117. The number of halogens is 2. The highest BCUT2D eigenvalue weighted by Gasteiger charge is 2.20. The summed E-state index contributed by atoms with van der Waals surface area (Å²) in [7, 11) is 0. The van der Waals surface area contributed by atoms with E-state index in [2.05, 4.69) is 15.4 Å². The molecule has 0 aliphatic carbocycles. The first-order valence-corrected chi connectivity index (χ1v) is 9.71. The SMILES string of the molecule is Cc1ccc(-c2nc(NCc3ccc(F)cc3)n(C(=O)c3ccccc3Cl)n2)cc1. The molecule has 0 saturated heterocycles. The van der Waals surface area contributed by atoms with E-state index in [4.69, 9.17) is 11.6 Å². The van der Waals surface area contributed by atoms with Gasteiger partial charge in [0.25, 0.3) is 5.91 Å². The van der Waals surface area contributed by atoms with Gasteiger partial charge in [-0.15, -0.1) is 5.10 Å². The van der Waals surface area contributed by atoms with Crippen LogP contribution in [0.4, 0.5) is 10.3 Å². The summed E-state index contributed by atoms with van der Waals surface area (Å²) in [4.78, 5) is 17.7. The molecule has 0 aliphatic rings. The molecule has 0 saturated carbocycles. The van der Waals surface area contributed by atoms with Crippen molar-refractivity contribution in [1.82, 2.24) is 14.8 Å². The summed E-state index contributed by atoms with van der Waals surface area (Å²) in [6.07, 6.45) is 0. The van der Waals surface area contributed by atoms with E-state index in [-0.39, 0.29) is 11.8 Å². The average molecular weight is 421 g/mol. The highest BCUT2D eigenvalue weighted by Crippen LogP contribution is 2.22. The summed E-state index contributed by atoms with van der Waals surface area (Å²) in [6, 6.07) is 20.6. The molecular weight excluding hydrogens is 403 g/mol. The Hall–Kier alpha value is -3.51. The monoisotopic (exact) mass is 420 g/mol. The molecule has 150 valence electrons. The topological polar surface area (TPSA) is 59.8 Å². The van der Waals surface area contributed by atoms with E-state index in [1.54, 1.807) is 36.4 Å². The third kappa shape index (κ3) is 4.23. The molecule has 0 atom stereocenters. The second-order valence-corrected chi connectivity index (χ2v) is 7.21. The van der Waals surface area contributed by atoms with Crippen LogP contribution in [-0.4, -0.2) is 20.7 Å². The van der Waals surface area contributed by atoms with Crippen LogP contribution in [0, 0.1) is 12.7 Å². The molecule has 3 aromatic carbocycles. The Kier molecular flexibility index (Phi) is 5.59. The van der Waals surface area contributed by atoms with Gasteiger partial charge in [-0.25, -0.2) is 4.39 Å². The average Bonchev–Trinajstić information content (AvgIpc) is 3.18. The summed E-state index contributed by atoms with van der Waals surface area (Å²) < 4.78 is 14.4. The molecule has 0 unspecified atom stereocenters. The van der Waals surface area contributed by atoms with Crippen LogP contribution in [0.25, 0.3) is 11.4 Å². The lowest BCUT2D eigenvalue weighted by Crippen LogP contribution is -2.18. The fourth-order valence-electron chi connectivity index (χ4n) is 2.93. The Morgan fingerprint density at radius 1 is 1.03 bits per heavy atom. The summed E-state index contributed by atoms with van der Waals surface area (Å²) in [5, 5.41) is 7.89. The Morgan fingerprint density at radius 3 is 2.43 bits per heavy atom. The zero-order valence-corrected chi connectivity index (χ0v) is 16.9. The zero-order chi connectivity index (χ0) is 21.1. The third-order valence-electron chi connectivity index (χ3n) is 4.58. The van der Waals surface area contributed by atoms with Crippen molar-refractivity contribution in [2.75, 3.05) is 5.32 Å². The highest BCUT2D eigenvalue weighted by molar-refractivity contribution is 6.33. The molecule has 0 bridgehead atoms. The van der Waals surface area contributed by atoms with Crippen LogP contribution in [-0.2, 0) is 6.54 Å². The number of rotatable bonds is 5. The van der Waals surface area contributed by atoms with E-state index in [1.807, 2.05) is 31.2 Å². The number of nitrogens with zero attached hydrogens (tertiary/aromatic N) is 3. The van der Waals surface area contributed by atoms with Gasteiger partial charge in [0.1, 0.15) is 5.82 Å². The highest BCUT2D eigenvalue weighted by atomic mass is 35.5. The zero-order valence-electron chi connectivity index (χ0n) is 16.1. The normalized spacial score (nSPS) is 10.8. The summed E-state index contributed by atoms with van der Waals surface area (Å²) in [5.41, 5.74) is 3.06. The molecule has 1 heterocycles.